The van der Waals surface area contributed by atoms with Gasteiger partial charge in [-0.15, -0.1) is 0 Å². The number of urea groups is 4. The minimum Gasteiger partial charge on any atom is -0.351 e. The Balaban J connectivity index is 1.61. The van der Waals surface area contributed by atoms with E-state index in [9.17, 15) is 36.0 Å². The number of benzene rings is 4. The van der Waals surface area contributed by atoms with Crippen LogP contribution in [0.25, 0.3) is 0 Å². The average molecular weight is 679 g/mol. The maximum atomic E-state index is 13.4. The van der Waals surface area contributed by atoms with E-state index < -0.39 is 44.2 Å². The van der Waals surface area contributed by atoms with E-state index >= 15 is 0 Å². The Labute approximate surface area is 271 Å². The molecule has 244 valence electrons. The van der Waals surface area contributed by atoms with Crippen molar-refractivity contribution in [2.75, 3.05) is 8.61 Å². The molecule has 0 spiro atoms. The van der Waals surface area contributed by atoms with E-state index in [1.165, 1.54) is 48.5 Å². The van der Waals surface area contributed by atoms with Crippen molar-refractivity contribution in [2.24, 2.45) is 11.5 Å². The van der Waals surface area contributed by atoms with Gasteiger partial charge in [-0.3, -0.25) is 10.6 Å². The lowest BCUT2D eigenvalue weighted by atomic mass is 10.0. The van der Waals surface area contributed by atoms with Crippen LogP contribution in [0, 0.1) is 13.8 Å². The van der Waals surface area contributed by atoms with Gasteiger partial charge in [0.25, 0.3) is 20.0 Å². The summed E-state index contributed by atoms with van der Waals surface area (Å²) in [7, 11) is -8.90. The first-order chi connectivity index (χ1) is 22.1. The SMILES string of the molecule is Cc1ccc(S(=O)(=O)N(C(=O)NC(N)=O)c2ccc(Cc3ccc(N(C(=O)NC(N)=O)S(=O)(=O)c4ccc(C)cc4)cc3)cc2)cc1. The highest BCUT2D eigenvalue weighted by Crippen LogP contribution is 2.28. The second-order valence-corrected chi connectivity index (χ2v) is 13.8. The maximum absolute atomic E-state index is 13.4. The molecule has 0 unspecified atom stereocenters. The summed E-state index contributed by atoms with van der Waals surface area (Å²) in [4.78, 5) is 48.1. The molecule has 0 aliphatic carbocycles. The van der Waals surface area contributed by atoms with Gasteiger partial charge in [-0.1, -0.05) is 59.7 Å². The number of nitrogens with zero attached hydrogens (tertiary/aromatic N) is 2. The van der Waals surface area contributed by atoms with Gasteiger partial charge in [0, 0.05) is 0 Å². The monoisotopic (exact) mass is 678 g/mol. The highest BCUT2D eigenvalue weighted by molar-refractivity contribution is 7.94. The number of aryl methyl sites for hydroxylation is 2. The van der Waals surface area contributed by atoms with Gasteiger partial charge >= 0.3 is 24.1 Å². The smallest absolute Gasteiger partial charge is 0.344 e. The molecule has 0 bridgehead atoms. The lowest BCUT2D eigenvalue weighted by Crippen LogP contribution is -2.47. The number of sulfonamides is 2. The molecular weight excluding hydrogens is 649 g/mol. The van der Waals surface area contributed by atoms with Crippen LogP contribution in [-0.2, 0) is 26.5 Å². The lowest BCUT2D eigenvalue weighted by Gasteiger charge is -2.23. The van der Waals surface area contributed by atoms with E-state index in [4.69, 9.17) is 11.5 Å². The second-order valence-electron chi connectivity index (χ2n) is 10.3. The van der Waals surface area contributed by atoms with Crippen molar-refractivity contribution >= 4 is 55.5 Å². The normalized spacial score (nSPS) is 11.3. The van der Waals surface area contributed by atoms with Crippen molar-refractivity contribution in [3.63, 3.8) is 0 Å². The van der Waals surface area contributed by atoms with Crippen LogP contribution < -0.4 is 30.7 Å². The zero-order valence-corrected chi connectivity index (χ0v) is 26.7. The van der Waals surface area contributed by atoms with E-state index in [0.717, 1.165) is 11.1 Å². The fourth-order valence-electron chi connectivity index (χ4n) is 4.41. The molecule has 6 N–H and O–H groups in total. The number of carbonyl (C=O) groups is 4. The van der Waals surface area contributed by atoms with Crippen LogP contribution in [-0.4, -0.2) is 41.0 Å². The Morgan fingerprint density at radius 3 is 1.11 bits per heavy atom. The number of rotatable bonds is 8. The molecule has 0 fully saturated rings. The quantitative estimate of drug-likeness (QED) is 0.214. The number of nitrogens with one attached hydrogen (secondary N) is 2. The van der Waals surface area contributed by atoms with E-state index in [0.29, 0.717) is 19.7 Å². The average Bonchev–Trinajstić information content (AvgIpc) is 2.98. The Morgan fingerprint density at radius 2 is 0.830 bits per heavy atom. The Hall–Kier alpha value is -5.74. The largest absolute Gasteiger partial charge is 0.351 e. The standard InChI is InChI=1S/C31H30N6O8S2/c1-20-3-15-26(16-4-20)46(42,43)36(30(40)34-28(32)38)24-11-7-22(8-12-24)19-23-9-13-25(14-10-23)37(31(41)35-29(33)39)47(44,45)27-17-5-21(2)6-18-27/h3-18H,19H2,1-2H3,(H3,32,34,38,40)(H3,33,35,39,41). The molecule has 16 heteroatoms. The van der Waals surface area contributed by atoms with Gasteiger partial charge in [0.2, 0.25) is 0 Å². The number of imide groups is 2. The van der Waals surface area contributed by atoms with Gasteiger partial charge in [0.05, 0.1) is 21.2 Å². The summed E-state index contributed by atoms with van der Waals surface area (Å²) in [6, 6.07) is 18.3. The fourth-order valence-corrected chi connectivity index (χ4v) is 7.12. The summed E-state index contributed by atoms with van der Waals surface area (Å²) in [5, 5.41) is 3.57. The molecule has 8 amide bonds. The van der Waals surface area contributed by atoms with Crippen molar-refractivity contribution in [3.8, 4) is 0 Å². The van der Waals surface area contributed by atoms with Crippen molar-refractivity contribution < 1.29 is 36.0 Å². The van der Waals surface area contributed by atoms with Crippen LogP contribution in [0.3, 0.4) is 0 Å². The molecule has 14 nitrogen and oxygen atoms in total. The topological polar surface area (TPSA) is 219 Å². The van der Waals surface area contributed by atoms with Gasteiger partial charge in [0.15, 0.2) is 0 Å². The Morgan fingerprint density at radius 1 is 0.532 bits per heavy atom. The molecule has 0 atom stereocenters. The molecule has 0 heterocycles. The number of hydrogen-bond donors (Lipinski definition) is 4. The van der Waals surface area contributed by atoms with E-state index in [1.807, 2.05) is 0 Å². The first-order valence-corrected chi connectivity index (χ1v) is 16.6. The van der Waals surface area contributed by atoms with Crippen molar-refractivity contribution in [1.82, 2.24) is 10.6 Å². The summed E-state index contributed by atoms with van der Waals surface area (Å²) in [6.07, 6.45) is 0.275. The summed E-state index contributed by atoms with van der Waals surface area (Å²) >= 11 is 0. The van der Waals surface area contributed by atoms with E-state index in [-0.39, 0.29) is 27.6 Å². The molecule has 0 radical (unpaired) electrons. The molecular formula is C31H30N6O8S2. The number of primary amides is 2. The molecule has 0 aliphatic rings. The van der Waals surface area contributed by atoms with Gasteiger partial charge in [-0.25, -0.2) is 36.0 Å². The first kappa shape index (κ1) is 34.1. The molecule has 0 aromatic heterocycles. The fraction of sp³-hybridized carbons (Fsp3) is 0.0968. The van der Waals surface area contributed by atoms with Gasteiger partial charge < -0.3 is 11.5 Å². The molecule has 47 heavy (non-hydrogen) atoms. The van der Waals surface area contributed by atoms with Crippen molar-refractivity contribution in [1.29, 1.82) is 0 Å². The predicted molar refractivity (Wildman–Crippen MR) is 174 cm³/mol. The molecule has 4 aromatic carbocycles. The van der Waals surface area contributed by atoms with Gasteiger partial charge in [0.1, 0.15) is 0 Å². The summed E-state index contributed by atoms with van der Waals surface area (Å²) in [6.45, 7) is 3.54. The summed E-state index contributed by atoms with van der Waals surface area (Å²) < 4.78 is 54.6. The Bertz CT molecular complexity index is 1880. The number of nitrogens with two attached hydrogens (primary N) is 2. The summed E-state index contributed by atoms with van der Waals surface area (Å²) in [5.41, 5.74) is 12.9. The lowest BCUT2D eigenvalue weighted by molar-refractivity contribution is 0.235. The van der Waals surface area contributed by atoms with Crippen LogP contribution in [0.15, 0.2) is 107 Å². The van der Waals surface area contributed by atoms with Crippen LogP contribution >= 0.6 is 0 Å². The number of amides is 8. The van der Waals surface area contributed by atoms with Crippen molar-refractivity contribution in [3.05, 3.63) is 119 Å². The summed E-state index contributed by atoms with van der Waals surface area (Å²) in [5.74, 6) is 0. The number of anilines is 2. The minimum absolute atomic E-state index is 0.0687. The third-order valence-corrected chi connectivity index (χ3v) is 10.1. The molecule has 0 aliphatic heterocycles. The van der Waals surface area contributed by atoms with Crippen LogP contribution in [0.2, 0.25) is 0 Å². The second kappa shape index (κ2) is 13.7. The highest BCUT2D eigenvalue weighted by Gasteiger charge is 2.33. The van der Waals surface area contributed by atoms with Crippen molar-refractivity contribution in [2.45, 2.75) is 30.1 Å². The molecule has 0 saturated heterocycles. The third kappa shape index (κ3) is 7.92. The first-order valence-electron chi connectivity index (χ1n) is 13.7. The van der Waals surface area contributed by atoms with E-state index in [2.05, 4.69) is 0 Å². The Kier molecular flexibility index (Phi) is 9.96. The van der Waals surface area contributed by atoms with Gasteiger partial charge in [-0.2, -0.15) is 8.61 Å². The number of hydrogen-bond acceptors (Lipinski definition) is 8. The molecule has 0 saturated carbocycles. The molecule has 4 aromatic rings. The maximum Gasteiger partial charge on any atom is 0.344 e. The zero-order valence-electron chi connectivity index (χ0n) is 25.1. The van der Waals surface area contributed by atoms with Crippen LogP contribution in [0.5, 0.6) is 0 Å². The molecule has 4 rings (SSSR count). The van der Waals surface area contributed by atoms with E-state index in [1.54, 1.807) is 73.0 Å². The highest BCUT2D eigenvalue weighted by atomic mass is 32.2. The third-order valence-electron chi connectivity index (χ3n) is 6.70. The van der Waals surface area contributed by atoms with Crippen LogP contribution in [0.1, 0.15) is 22.3 Å². The predicted octanol–water partition coefficient (Wildman–Crippen LogP) is 3.86. The van der Waals surface area contributed by atoms with Crippen LogP contribution in [0.4, 0.5) is 30.6 Å². The number of carbonyl (C=O) groups excluding carboxylic acids is 4. The zero-order chi connectivity index (χ0) is 34.5. The van der Waals surface area contributed by atoms with Gasteiger partial charge in [-0.05, 0) is 79.9 Å². The minimum atomic E-state index is -4.45.